The second kappa shape index (κ2) is 4.91. The Hall–Kier alpha value is 0.344. The van der Waals surface area contributed by atoms with Gasteiger partial charge in [-0.25, -0.2) is 0 Å². The molecule has 0 heterocycles. The summed E-state index contributed by atoms with van der Waals surface area (Å²) >= 11 is 0. The topological polar surface area (TPSA) is 0 Å². The van der Waals surface area contributed by atoms with Gasteiger partial charge in [0.15, 0.2) is 0 Å². The van der Waals surface area contributed by atoms with Gasteiger partial charge in [-0.2, -0.15) is 0 Å². The highest BCUT2D eigenvalue weighted by Gasteiger charge is 2.45. The molecule has 0 aliphatic heterocycles. The maximum atomic E-state index is 2.61. The van der Waals surface area contributed by atoms with E-state index in [0.717, 1.165) is 10.4 Å². The van der Waals surface area contributed by atoms with Crippen molar-refractivity contribution in [3.8, 4) is 0 Å². The lowest BCUT2D eigenvalue weighted by Crippen LogP contribution is -2.56. The van der Waals surface area contributed by atoms with Crippen LogP contribution in [0.15, 0.2) is 24.3 Å². The molecule has 0 nitrogen and oxygen atoms in total. The normalized spacial score (nSPS) is 19.8. The first-order valence-corrected chi connectivity index (χ1v) is 15.2. The van der Waals surface area contributed by atoms with E-state index in [1.54, 1.807) is 0 Å². The smallest absolute Gasteiger partial charge is 0.0634 e. The third kappa shape index (κ3) is 2.97. The molecule has 16 heavy (non-hydrogen) atoms. The minimum Gasteiger partial charge on any atom is -0.115 e. The van der Waals surface area contributed by atoms with Crippen LogP contribution < -0.4 is 0 Å². The Balaban J connectivity index is 3.01. The summed E-state index contributed by atoms with van der Waals surface area (Å²) in [6.45, 7) is 17.9. The monoisotopic (exact) mass is 270 g/mol. The molecule has 0 radical (unpaired) electrons. The number of hydrogen-bond acceptors (Lipinski definition) is 0. The van der Waals surface area contributed by atoms with E-state index < -0.39 is 16.1 Å². The molecule has 3 heteroatoms. The van der Waals surface area contributed by atoms with E-state index in [4.69, 9.17) is 0 Å². The van der Waals surface area contributed by atoms with Crippen molar-refractivity contribution in [2.24, 2.45) is 0 Å². The number of rotatable bonds is 4. The Morgan fingerprint density at radius 1 is 0.938 bits per heavy atom. The van der Waals surface area contributed by atoms with E-state index in [0.29, 0.717) is 0 Å². The molecule has 1 rings (SSSR count). The van der Waals surface area contributed by atoms with E-state index in [-0.39, 0.29) is 7.92 Å². The van der Waals surface area contributed by atoms with Crippen LogP contribution in [-0.2, 0) is 0 Å². The molecule has 0 spiro atoms. The van der Waals surface area contributed by atoms with E-state index in [1.807, 2.05) is 0 Å². The summed E-state index contributed by atoms with van der Waals surface area (Å²) in [5.74, 6) is 0. The summed E-state index contributed by atoms with van der Waals surface area (Å²) in [5, 5.41) is 0. The Labute approximate surface area is 105 Å². The van der Waals surface area contributed by atoms with E-state index in [1.165, 1.54) is 0 Å². The number of allylic oxidation sites excluding steroid dienone is 4. The minimum absolute atomic E-state index is 0.200. The summed E-state index contributed by atoms with van der Waals surface area (Å²) in [6.07, 6.45) is 9.37. The fourth-order valence-corrected chi connectivity index (χ4v) is 26.8. The van der Waals surface area contributed by atoms with Crippen molar-refractivity contribution in [3.05, 3.63) is 24.3 Å². The maximum Gasteiger partial charge on any atom is 0.0634 e. The first-order valence-electron chi connectivity index (χ1n) is 6.19. The third-order valence-electron chi connectivity index (χ3n) is 3.65. The molecule has 1 aliphatic carbocycles. The standard InChI is InChI=1S/C13H27PSi2/c1-14(2)13(15(3,4)5)16(6,7)12-10-8-9-11-12/h8-13H,1-7H3. The quantitative estimate of drug-likeness (QED) is 0.512. The van der Waals surface area contributed by atoms with Crippen molar-refractivity contribution in [1.29, 1.82) is 0 Å². The van der Waals surface area contributed by atoms with Crippen LogP contribution in [-0.4, -0.2) is 34.4 Å². The van der Waals surface area contributed by atoms with Crippen LogP contribution in [0.2, 0.25) is 38.3 Å². The molecular formula is C13H27PSi2. The molecule has 0 amide bonds. The second-order valence-corrected chi connectivity index (χ2v) is 21.0. The molecule has 0 saturated carbocycles. The number of hydrogen-bond donors (Lipinski definition) is 0. The van der Waals surface area contributed by atoms with Crippen molar-refractivity contribution in [3.63, 3.8) is 0 Å². The average molecular weight is 271 g/mol. The van der Waals surface area contributed by atoms with Crippen molar-refractivity contribution in [2.45, 2.75) is 43.2 Å². The largest absolute Gasteiger partial charge is 0.115 e. The molecule has 1 aliphatic rings. The maximum absolute atomic E-state index is 2.61. The van der Waals surface area contributed by atoms with E-state index >= 15 is 0 Å². The molecule has 92 valence electrons. The zero-order valence-electron chi connectivity index (χ0n) is 11.9. The van der Waals surface area contributed by atoms with Crippen LogP contribution in [0.1, 0.15) is 0 Å². The van der Waals surface area contributed by atoms with E-state index in [2.05, 4.69) is 70.4 Å². The van der Waals surface area contributed by atoms with Crippen molar-refractivity contribution in [2.75, 3.05) is 13.3 Å². The zero-order chi connectivity index (χ0) is 12.6. The van der Waals surface area contributed by atoms with Crippen molar-refractivity contribution < 1.29 is 0 Å². The summed E-state index contributed by atoms with van der Waals surface area (Å²) in [7, 11) is -2.01. The van der Waals surface area contributed by atoms with Crippen LogP contribution >= 0.6 is 7.92 Å². The summed E-state index contributed by atoms with van der Waals surface area (Å²) in [4.78, 5) is 1.06. The van der Waals surface area contributed by atoms with Crippen LogP contribution in [0.4, 0.5) is 0 Å². The van der Waals surface area contributed by atoms with Gasteiger partial charge in [0, 0.05) is 8.07 Å². The molecular weight excluding hydrogens is 243 g/mol. The van der Waals surface area contributed by atoms with Crippen LogP contribution in [0.25, 0.3) is 0 Å². The van der Waals surface area contributed by atoms with Gasteiger partial charge in [0.05, 0.1) is 8.07 Å². The van der Waals surface area contributed by atoms with Crippen LogP contribution in [0.3, 0.4) is 0 Å². The summed E-state index contributed by atoms with van der Waals surface area (Å²) in [5.41, 5.74) is 0.786. The Bertz CT molecular complexity index is 286. The minimum atomic E-state index is -1.18. The first kappa shape index (κ1) is 14.4. The van der Waals surface area contributed by atoms with Crippen LogP contribution in [0.5, 0.6) is 0 Å². The molecule has 0 N–H and O–H groups in total. The van der Waals surface area contributed by atoms with Gasteiger partial charge in [-0.3, -0.25) is 0 Å². The van der Waals surface area contributed by atoms with Crippen LogP contribution in [0, 0.1) is 0 Å². The van der Waals surface area contributed by atoms with Gasteiger partial charge in [0.25, 0.3) is 0 Å². The molecule has 0 bridgehead atoms. The lowest BCUT2D eigenvalue weighted by Gasteiger charge is -2.45. The molecule has 1 unspecified atom stereocenters. The molecule has 1 atom stereocenters. The van der Waals surface area contributed by atoms with Gasteiger partial charge in [-0.1, -0.05) is 57.0 Å². The molecule has 0 fully saturated rings. The highest BCUT2D eigenvalue weighted by molar-refractivity contribution is 7.63. The molecule has 0 aromatic carbocycles. The van der Waals surface area contributed by atoms with Gasteiger partial charge in [0.2, 0.25) is 0 Å². The summed E-state index contributed by atoms with van der Waals surface area (Å²) in [6, 6.07) is 0. The predicted octanol–water partition coefficient (Wildman–Crippen LogP) is 4.72. The predicted molar refractivity (Wildman–Crippen MR) is 85.4 cm³/mol. The fourth-order valence-electron chi connectivity index (χ4n) is 3.67. The Morgan fingerprint density at radius 3 is 1.69 bits per heavy atom. The van der Waals surface area contributed by atoms with Gasteiger partial charge in [0.1, 0.15) is 0 Å². The van der Waals surface area contributed by atoms with Crippen molar-refractivity contribution >= 4 is 24.1 Å². The first-order chi connectivity index (χ1) is 7.17. The fraction of sp³-hybridized carbons (Fsp3) is 0.692. The highest BCUT2D eigenvalue weighted by atomic mass is 31.1. The van der Waals surface area contributed by atoms with Crippen molar-refractivity contribution in [1.82, 2.24) is 0 Å². The second-order valence-electron chi connectivity index (χ2n) is 6.85. The molecule has 0 aromatic heterocycles. The lowest BCUT2D eigenvalue weighted by molar-refractivity contribution is 1.24. The van der Waals surface area contributed by atoms with Gasteiger partial charge >= 0.3 is 0 Å². The zero-order valence-corrected chi connectivity index (χ0v) is 14.8. The lowest BCUT2D eigenvalue weighted by atomic mass is 10.5. The average Bonchev–Trinajstić information content (AvgIpc) is 2.49. The van der Waals surface area contributed by atoms with Gasteiger partial charge in [-0.05, 0) is 23.8 Å². The molecule has 0 aromatic rings. The SMILES string of the molecule is CP(C)C([Si](C)(C)C)[Si](C)(C)C1C=CC=C1. The Morgan fingerprint density at radius 2 is 1.38 bits per heavy atom. The third-order valence-corrected chi connectivity index (χ3v) is 22.1. The van der Waals surface area contributed by atoms with Gasteiger partial charge in [-0.15, -0.1) is 7.92 Å². The highest BCUT2D eigenvalue weighted by Crippen LogP contribution is 2.48. The summed E-state index contributed by atoms with van der Waals surface area (Å²) < 4.78 is 0. The molecule has 0 saturated heterocycles. The van der Waals surface area contributed by atoms with Gasteiger partial charge < -0.3 is 0 Å². The Kier molecular flexibility index (Phi) is 4.42. The van der Waals surface area contributed by atoms with E-state index in [9.17, 15) is 0 Å².